The largest absolute Gasteiger partial charge is 0.465 e. The first kappa shape index (κ1) is 31.0. The summed E-state index contributed by atoms with van der Waals surface area (Å²) in [4.78, 5) is 25.1. The van der Waals surface area contributed by atoms with Crippen molar-refractivity contribution in [3.8, 4) is 0 Å². The predicted octanol–water partition coefficient (Wildman–Crippen LogP) is 8.36. The van der Waals surface area contributed by atoms with Gasteiger partial charge in [-0.15, -0.1) is 0 Å². The number of carbonyl (C=O) groups is 2. The number of ether oxygens (including phenoxy) is 2. The van der Waals surface area contributed by atoms with Gasteiger partial charge >= 0.3 is 11.9 Å². The van der Waals surface area contributed by atoms with E-state index in [1.807, 2.05) is 0 Å². The Labute approximate surface area is 211 Å². The first-order valence-electron chi connectivity index (χ1n) is 14.2. The third-order valence-corrected chi connectivity index (χ3v) is 7.81. The standard InChI is InChI=1S/C30H56O4/c1-9-11-23(3)21-29(5,6)17-19-33-27(31)25-13-15-26(16-14-25)28(32)34-20-18-30(7,8)22-24(4)12-10-2/h23-26H,9-22H2,1-8H3. The zero-order chi connectivity index (χ0) is 25.8. The van der Waals surface area contributed by atoms with Crippen molar-refractivity contribution in [3.63, 3.8) is 0 Å². The van der Waals surface area contributed by atoms with E-state index in [0.29, 0.717) is 25.0 Å². The maximum Gasteiger partial charge on any atom is 0.308 e. The average Bonchev–Trinajstić information content (AvgIpc) is 2.72. The molecule has 1 aliphatic rings. The van der Waals surface area contributed by atoms with Gasteiger partial charge in [0.15, 0.2) is 0 Å². The lowest BCUT2D eigenvalue weighted by atomic mass is 9.79. The molecule has 200 valence electrons. The highest BCUT2D eigenvalue weighted by molar-refractivity contribution is 5.75. The summed E-state index contributed by atoms with van der Waals surface area (Å²) in [5.41, 5.74) is 0.387. The first-order chi connectivity index (χ1) is 15.9. The Morgan fingerprint density at radius 1 is 0.706 bits per heavy atom. The zero-order valence-corrected chi connectivity index (χ0v) is 23.8. The van der Waals surface area contributed by atoms with E-state index in [-0.39, 0.29) is 34.6 Å². The Balaban J connectivity index is 2.29. The first-order valence-corrected chi connectivity index (χ1v) is 14.2. The molecule has 0 radical (unpaired) electrons. The number of hydrogen-bond donors (Lipinski definition) is 0. The third-order valence-electron chi connectivity index (χ3n) is 7.81. The van der Waals surface area contributed by atoms with Gasteiger partial charge in [0.1, 0.15) is 0 Å². The van der Waals surface area contributed by atoms with Gasteiger partial charge in [0.05, 0.1) is 25.0 Å². The van der Waals surface area contributed by atoms with Crippen LogP contribution in [0, 0.1) is 34.5 Å². The highest BCUT2D eigenvalue weighted by Gasteiger charge is 2.32. The zero-order valence-electron chi connectivity index (χ0n) is 23.8. The lowest BCUT2D eigenvalue weighted by molar-refractivity contribution is -0.156. The number of carbonyl (C=O) groups excluding carboxylic acids is 2. The Kier molecular flexibility index (Phi) is 13.8. The molecule has 1 saturated carbocycles. The molecule has 1 fully saturated rings. The molecule has 4 nitrogen and oxygen atoms in total. The van der Waals surface area contributed by atoms with Crippen LogP contribution in [0.3, 0.4) is 0 Å². The second kappa shape index (κ2) is 15.1. The summed E-state index contributed by atoms with van der Waals surface area (Å²) < 4.78 is 11.3. The third kappa shape index (κ3) is 12.6. The van der Waals surface area contributed by atoms with Gasteiger partial charge < -0.3 is 9.47 Å². The van der Waals surface area contributed by atoms with Crippen LogP contribution in [0.2, 0.25) is 0 Å². The van der Waals surface area contributed by atoms with Gasteiger partial charge in [-0.1, -0.05) is 81.1 Å². The molecule has 2 unspecified atom stereocenters. The molecule has 1 aliphatic carbocycles. The van der Waals surface area contributed by atoms with Crippen molar-refractivity contribution < 1.29 is 19.1 Å². The van der Waals surface area contributed by atoms with Crippen molar-refractivity contribution in [2.45, 2.75) is 132 Å². The van der Waals surface area contributed by atoms with Crippen LogP contribution in [-0.2, 0) is 19.1 Å². The smallest absolute Gasteiger partial charge is 0.308 e. The molecule has 0 aromatic carbocycles. The van der Waals surface area contributed by atoms with Gasteiger partial charge in [0.2, 0.25) is 0 Å². The summed E-state index contributed by atoms with van der Waals surface area (Å²) in [6.45, 7) is 19.2. The van der Waals surface area contributed by atoms with Gasteiger partial charge in [-0.05, 0) is 74.0 Å². The fraction of sp³-hybridized carbons (Fsp3) is 0.933. The minimum absolute atomic E-state index is 0.0647. The molecule has 0 heterocycles. The molecule has 0 bridgehead atoms. The van der Waals surface area contributed by atoms with Crippen molar-refractivity contribution in [3.05, 3.63) is 0 Å². The van der Waals surface area contributed by atoms with Gasteiger partial charge in [-0.2, -0.15) is 0 Å². The highest BCUT2D eigenvalue weighted by Crippen LogP contribution is 2.34. The second-order valence-electron chi connectivity index (χ2n) is 12.9. The number of rotatable bonds is 16. The van der Waals surface area contributed by atoms with Gasteiger partial charge in [-0.3, -0.25) is 9.59 Å². The fourth-order valence-electron chi connectivity index (χ4n) is 5.94. The van der Waals surface area contributed by atoms with Crippen LogP contribution in [0.25, 0.3) is 0 Å². The number of hydrogen-bond acceptors (Lipinski definition) is 4. The SMILES string of the molecule is CCCC(C)CC(C)(C)CCOC(=O)C1CCC(C(=O)OCCC(C)(C)CC(C)CCC)CC1. The lowest BCUT2D eigenvalue weighted by Crippen LogP contribution is -2.29. The fourth-order valence-corrected chi connectivity index (χ4v) is 5.94. The van der Waals surface area contributed by atoms with Crippen LogP contribution >= 0.6 is 0 Å². The van der Waals surface area contributed by atoms with Crippen LogP contribution in [0.1, 0.15) is 132 Å². The molecule has 0 amide bonds. The molecule has 0 aromatic rings. The van der Waals surface area contributed by atoms with Crippen molar-refractivity contribution >= 4 is 11.9 Å². The predicted molar refractivity (Wildman–Crippen MR) is 142 cm³/mol. The van der Waals surface area contributed by atoms with Crippen molar-refractivity contribution in [1.82, 2.24) is 0 Å². The molecule has 34 heavy (non-hydrogen) atoms. The number of esters is 2. The monoisotopic (exact) mass is 480 g/mol. The summed E-state index contributed by atoms with van der Waals surface area (Å²) in [5.74, 6) is 1.14. The Bertz CT molecular complexity index is 535. The molecule has 0 aromatic heterocycles. The molecule has 2 atom stereocenters. The topological polar surface area (TPSA) is 52.6 Å². The second-order valence-corrected chi connectivity index (χ2v) is 12.9. The van der Waals surface area contributed by atoms with E-state index < -0.39 is 0 Å². The minimum atomic E-state index is -0.0767. The van der Waals surface area contributed by atoms with E-state index in [9.17, 15) is 9.59 Å². The quantitative estimate of drug-likeness (QED) is 0.208. The Morgan fingerprint density at radius 2 is 1.03 bits per heavy atom. The van der Waals surface area contributed by atoms with Crippen LogP contribution in [0.4, 0.5) is 0 Å². The summed E-state index contributed by atoms with van der Waals surface area (Å²) >= 11 is 0. The minimum Gasteiger partial charge on any atom is -0.465 e. The molecule has 0 N–H and O–H groups in total. The molecule has 4 heteroatoms. The van der Waals surface area contributed by atoms with E-state index in [2.05, 4.69) is 55.4 Å². The van der Waals surface area contributed by atoms with Crippen LogP contribution in [0.15, 0.2) is 0 Å². The van der Waals surface area contributed by atoms with Gasteiger partial charge in [0, 0.05) is 0 Å². The van der Waals surface area contributed by atoms with Gasteiger partial charge in [-0.25, -0.2) is 0 Å². The van der Waals surface area contributed by atoms with E-state index >= 15 is 0 Å². The van der Waals surface area contributed by atoms with E-state index in [0.717, 1.165) is 38.5 Å². The Hall–Kier alpha value is -1.06. The maximum atomic E-state index is 12.6. The van der Waals surface area contributed by atoms with Crippen molar-refractivity contribution in [2.24, 2.45) is 34.5 Å². The average molecular weight is 481 g/mol. The molecule has 0 aliphatic heterocycles. The molecular formula is C30H56O4. The maximum absolute atomic E-state index is 12.6. The van der Waals surface area contributed by atoms with E-state index in [4.69, 9.17) is 9.47 Å². The lowest BCUT2D eigenvalue weighted by Gasteiger charge is -2.30. The van der Waals surface area contributed by atoms with Crippen molar-refractivity contribution in [1.29, 1.82) is 0 Å². The molecule has 0 saturated heterocycles. The van der Waals surface area contributed by atoms with Crippen molar-refractivity contribution in [2.75, 3.05) is 13.2 Å². The molecule has 1 rings (SSSR count). The van der Waals surface area contributed by atoms with E-state index in [1.165, 1.54) is 38.5 Å². The van der Waals surface area contributed by atoms with Crippen LogP contribution < -0.4 is 0 Å². The summed E-state index contributed by atoms with van der Waals surface area (Å²) in [6.07, 6.45) is 12.0. The molecular weight excluding hydrogens is 424 g/mol. The molecule has 0 spiro atoms. The normalized spacial score (nSPS) is 21.1. The Morgan fingerprint density at radius 3 is 1.32 bits per heavy atom. The summed E-state index contributed by atoms with van der Waals surface area (Å²) in [7, 11) is 0. The summed E-state index contributed by atoms with van der Waals surface area (Å²) in [5, 5.41) is 0. The van der Waals surface area contributed by atoms with E-state index in [1.54, 1.807) is 0 Å². The highest BCUT2D eigenvalue weighted by atomic mass is 16.5. The van der Waals surface area contributed by atoms with Gasteiger partial charge in [0.25, 0.3) is 0 Å². The van der Waals surface area contributed by atoms with Crippen LogP contribution in [-0.4, -0.2) is 25.2 Å². The summed E-state index contributed by atoms with van der Waals surface area (Å²) in [6, 6.07) is 0. The van der Waals surface area contributed by atoms with Crippen LogP contribution in [0.5, 0.6) is 0 Å².